The monoisotopic (exact) mass is 579 g/mol. The highest BCUT2D eigenvalue weighted by molar-refractivity contribution is 7.91. The number of ketones is 1. The molecule has 0 saturated heterocycles. The standard InChI is InChI=1S/C26H33N3O6S3/c1-25(2,3)12-13-26(4)18-11-9-8-10-17(18)20(30)19(22(26)31)23-27-38(34,35)21-16(14-28(5)37(7,32)33)15-36-24(21)29(23)6/h8-11,15,30H,12-14H2,1-7H3/t26-/m1/s1. The number of sulfonamides is 2. The molecule has 1 atom stereocenters. The Morgan fingerprint density at radius 2 is 1.84 bits per heavy atom. The molecule has 2 aliphatic rings. The minimum Gasteiger partial charge on any atom is -0.506 e. The number of aliphatic hydroxyl groups excluding tert-OH is 1. The number of hydrogen-bond acceptors (Lipinski definition) is 8. The molecule has 1 N–H and O–H groups in total. The lowest BCUT2D eigenvalue weighted by Crippen LogP contribution is -2.45. The Morgan fingerprint density at radius 3 is 2.45 bits per heavy atom. The Hall–Kier alpha value is -2.54. The zero-order valence-electron chi connectivity index (χ0n) is 22.6. The van der Waals surface area contributed by atoms with Crippen LogP contribution in [-0.4, -0.2) is 58.2 Å². The quantitative estimate of drug-likeness (QED) is 0.541. The van der Waals surface area contributed by atoms with Crippen LogP contribution < -0.4 is 4.90 Å². The highest BCUT2D eigenvalue weighted by Crippen LogP contribution is 2.47. The van der Waals surface area contributed by atoms with E-state index in [9.17, 15) is 26.7 Å². The molecule has 1 aromatic carbocycles. The molecule has 1 aromatic heterocycles. The van der Waals surface area contributed by atoms with Crippen LogP contribution in [0.1, 0.15) is 57.2 Å². The number of carbonyl (C=O) groups excluding carboxylic acids is 1. The van der Waals surface area contributed by atoms with E-state index in [4.69, 9.17) is 0 Å². The molecule has 12 heteroatoms. The molecular weight excluding hydrogens is 547 g/mol. The number of aliphatic hydroxyl groups is 1. The summed E-state index contributed by atoms with van der Waals surface area (Å²) in [5.74, 6) is -0.853. The van der Waals surface area contributed by atoms with Crippen LogP contribution in [0, 0.1) is 5.41 Å². The molecule has 0 bridgehead atoms. The number of anilines is 1. The van der Waals surface area contributed by atoms with Crippen LogP contribution >= 0.6 is 11.3 Å². The molecule has 0 fully saturated rings. The fourth-order valence-corrected chi connectivity index (χ4v) is 7.95. The van der Waals surface area contributed by atoms with Gasteiger partial charge in [-0.2, -0.15) is 8.42 Å². The van der Waals surface area contributed by atoms with Crippen LogP contribution in [0.15, 0.2) is 44.5 Å². The lowest BCUT2D eigenvalue weighted by Gasteiger charge is -2.38. The first-order valence-corrected chi connectivity index (χ1v) is 16.2. The van der Waals surface area contributed by atoms with Crippen LogP contribution in [0.2, 0.25) is 0 Å². The third kappa shape index (κ3) is 4.83. The number of rotatable bonds is 6. The highest BCUT2D eigenvalue weighted by atomic mass is 32.2. The van der Waals surface area contributed by atoms with Crippen molar-refractivity contribution >= 4 is 53.8 Å². The van der Waals surface area contributed by atoms with Crippen molar-refractivity contribution in [3.8, 4) is 0 Å². The topological polar surface area (TPSA) is 124 Å². The number of Topliss-reactive ketones (excluding diaryl/α,β-unsaturated/α-hetero) is 1. The Labute approximate surface area is 228 Å². The van der Waals surface area contributed by atoms with Gasteiger partial charge < -0.3 is 10.0 Å². The summed E-state index contributed by atoms with van der Waals surface area (Å²) in [6.45, 7) is 7.96. The number of benzene rings is 1. The minimum absolute atomic E-state index is 0.0501. The van der Waals surface area contributed by atoms with Crippen LogP contribution in [-0.2, 0) is 36.8 Å². The minimum atomic E-state index is -4.31. The number of fused-ring (bicyclic) bond motifs is 2. The van der Waals surface area contributed by atoms with Gasteiger partial charge in [0.2, 0.25) is 10.0 Å². The van der Waals surface area contributed by atoms with Gasteiger partial charge in [0, 0.05) is 31.8 Å². The average Bonchev–Trinajstić information content (AvgIpc) is 3.24. The Morgan fingerprint density at radius 1 is 1.21 bits per heavy atom. The normalized spacial score (nSPS) is 21.4. The van der Waals surface area contributed by atoms with E-state index in [1.54, 1.807) is 24.6 Å². The van der Waals surface area contributed by atoms with E-state index in [-0.39, 0.29) is 34.0 Å². The number of thiophene rings is 1. The molecule has 9 nitrogen and oxygen atoms in total. The summed E-state index contributed by atoms with van der Waals surface area (Å²) < 4.78 is 55.9. The number of likely N-dealkylation sites (N-methyl/N-ethyl adjacent to an activating group) is 1. The summed E-state index contributed by atoms with van der Waals surface area (Å²) in [5.41, 5.74) is 0.268. The first kappa shape index (κ1) is 28.5. The van der Waals surface area contributed by atoms with Crippen molar-refractivity contribution in [3.63, 3.8) is 0 Å². The Kier molecular flexibility index (Phi) is 6.96. The van der Waals surface area contributed by atoms with Crippen LogP contribution in [0.3, 0.4) is 0 Å². The smallest absolute Gasteiger partial charge is 0.287 e. The molecule has 2 aromatic rings. The second-order valence-electron chi connectivity index (χ2n) is 11.4. The van der Waals surface area contributed by atoms with Crippen molar-refractivity contribution in [1.82, 2.24) is 4.31 Å². The molecular formula is C26H33N3O6S3. The largest absolute Gasteiger partial charge is 0.506 e. The predicted octanol–water partition coefficient (Wildman–Crippen LogP) is 4.31. The van der Waals surface area contributed by atoms with Gasteiger partial charge in [-0.05, 0) is 36.1 Å². The van der Waals surface area contributed by atoms with E-state index in [1.165, 1.54) is 11.9 Å². The zero-order valence-corrected chi connectivity index (χ0v) is 25.0. The Balaban J connectivity index is 1.86. The molecule has 0 unspecified atom stereocenters. The fourth-order valence-electron chi connectivity index (χ4n) is 4.77. The van der Waals surface area contributed by atoms with Crippen molar-refractivity contribution < 1.29 is 26.7 Å². The van der Waals surface area contributed by atoms with E-state index in [0.717, 1.165) is 28.3 Å². The molecule has 0 radical (unpaired) electrons. The lowest BCUT2D eigenvalue weighted by atomic mass is 9.65. The van der Waals surface area contributed by atoms with Gasteiger partial charge in [0.05, 0.1) is 11.7 Å². The SMILES string of the molecule is CN1C(C2=C(O)c3ccccc3[C@@](C)(CCC(C)(C)C)C2=O)=NS(=O)(=O)c2c(CN(C)S(C)(=O)=O)csc21. The number of hydrogen-bond donors (Lipinski definition) is 1. The van der Waals surface area contributed by atoms with Crippen LogP contribution in [0.5, 0.6) is 0 Å². The number of amidine groups is 1. The van der Waals surface area contributed by atoms with Crippen molar-refractivity contribution in [1.29, 1.82) is 0 Å². The van der Waals surface area contributed by atoms with Crippen molar-refractivity contribution in [2.24, 2.45) is 9.81 Å². The maximum atomic E-state index is 14.2. The molecule has 1 aliphatic heterocycles. The van der Waals surface area contributed by atoms with Gasteiger partial charge in [-0.15, -0.1) is 15.7 Å². The summed E-state index contributed by atoms with van der Waals surface area (Å²) >= 11 is 1.11. The van der Waals surface area contributed by atoms with Gasteiger partial charge in [0.1, 0.15) is 21.2 Å². The van der Waals surface area contributed by atoms with Gasteiger partial charge in [-0.25, -0.2) is 12.7 Å². The van der Waals surface area contributed by atoms with E-state index in [0.29, 0.717) is 28.1 Å². The maximum Gasteiger partial charge on any atom is 0.287 e. The average molecular weight is 580 g/mol. The van der Waals surface area contributed by atoms with Gasteiger partial charge in [0.25, 0.3) is 10.0 Å². The fraction of sp³-hybridized carbons (Fsp3) is 0.462. The summed E-state index contributed by atoms with van der Waals surface area (Å²) in [7, 11) is -4.90. The molecule has 38 heavy (non-hydrogen) atoms. The van der Waals surface area contributed by atoms with Gasteiger partial charge in [-0.3, -0.25) is 4.79 Å². The molecule has 206 valence electrons. The second kappa shape index (κ2) is 9.29. The summed E-state index contributed by atoms with van der Waals surface area (Å²) in [4.78, 5) is 15.6. The summed E-state index contributed by atoms with van der Waals surface area (Å²) in [5, 5.41) is 13.2. The number of carbonyl (C=O) groups is 1. The van der Waals surface area contributed by atoms with Crippen molar-refractivity contribution in [2.45, 2.75) is 57.4 Å². The van der Waals surface area contributed by atoms with Gasteiger partial charge in [0.15, 0.2) is 11.6 Å². The maximum absolute atomic E-state index is 14.2. The van der Waals surface area contributed by atoms with Crippen LogP contribution in [0.25, 0.3) is 5.76 Å². The second-order valence-corrected chi connectivity index (χ2v) is 15.8. The van der Waals surface area contributed by atoms with E-state index in [2.05, 4.69) is 25.2 Å². The molecule has 2 heterocycles. The van der Waals surface area contributed by atoms with Crippen LogP contribution in [0.4, 0.5) is 5.00 Å². The van der Waals surface area contributed by atoms with Crippen molar-refractivity contribution in [2.75, 3.05) is 25.3 Å². The third-order valence-corrected chi connectivity index (χ3v) is 11.1. The van der Waals surface area contributed by atoms with Gasteiger partial charge >= 0.3 is 0 Å². The highest BCUT2D eigenvalue weighted by Gasteiger charge is 2.48. The molecule has 1 aliphatic carbocycles. The molecule has 0 spiro atoms. The molecule has 0 amide bonds. The predicted molar refractivity (Wildman–Crippen MR) is 151 cm³/mol. The van der Waals surface area contributed by atoms with Crippen molar-refractivity contribution in [3.05, 3.63) is 51.9 Å². The third-order valence-electron chi connectivity index (χ3n) is 7.19. The van der Waals surface area contributed by atoms with E-state index in [1.807, 2.05) is 19.1 Å². The first-order valence-electron chi connectivity index (χ1n) is 12.1. The van der Waals surface area contributed by atoms with Gasteiger partial charge in [-0.1, -0.05) is 45.0 Å². The molecule has 0 saturated carbocycles. The summed E-state index contributed by atoms with van der Waals surface area (Å²) in [6, 6.07) is 7.13. The first-order chi connectivity index (χ1) is 17.4. The Bertz CT molecular complexity index is 1600. The number of nitrogens with zero attached hydrogens (tertiary/aromatic N) is 3. The van der Waals surface area contributed by atoms with E-state index >= 15 is 0 Å². The molecule has 4 rings (SSSR count). The zero-order chi connectivity index (χ0) is 28.4. The lowest BCUT2D eigenvalue weighted by molar-refractivity contribution is -0.120. The summed E-state index contributed by atoms with van der Waals surface area (Å²) in [6.07, 6.45) is 2.27. The van der Waals surface area contributed by atoms with E-state index < -0.39 is 31.2 Å².